The monoisotopic (exact) mass is 162 g/mol. The summed E-state index contributed by atoms with van der Waals surface area (Å²) in [6.45, 7) is 1.88. The maximum atomic E-state index is 10.2. The Kier molecular flexibility index (Phi) is 6.29. The first-order chi connectivity index (χ1) is 4.77. The molecule has 0 aliphatic heterocycles. The number of carbonyl (C=O) groups is 1. The molecule has 3 heteroatoms. The minimum Gasteiger partial charge on any atom is -0.466 e. The minimum atomic E-state index is -0.227. The van der Waals surface area contributed by atoms with Crippen molar-refractivity contribution >= 4 is 17.6 Å². The minimum absolute atomic E-state index is 0.227. The van der Waals surface area contributed by atoms with Crippen LogP contribution in [0.15, 0.2) is 11.6 Å². The smallest absolute Gasteiger partial charge is 0.302 e. The van der Waals surface area contributed by atoms with Crippen molar-refractivity contribution in [2.75, 3.05) is 6.61 Å². The lowest BCUT2D eigenvalue weighted by Crippen LogP contribution is -1.99. The number of rotatable bonds is 4. The van der Waals surface area contributed by atoms with E-state index in [1.165, 1.54) is 12.5 Å². The molecule has 0 atom stereocenters. The molecule has 0 radical (unpaired) electrons. The van der Waals surface area contributed by atoms with Crippen LogP contribution in [0.5, 0.6) is 0 Å². The Morgan fingerprint density at radius 3 is 2.90 bits per heavy atom. The molecule has 0 aliphatic carbocycles. The molecular formula is C7H11ClO2. The summed E-state index contributed by atoms with van der Waals surface area (Å²) in [6, 6.07) is 0. The third-order valence-electron chi connectivity index (χ3n) is 0.910. The number of halogens is 1. The maximum Gasteiger partial charge on any atom is 0.302 e. The van der Waals surface area contributed by atoms with Crippen LogP contribution in [0.4, 0.5) is 0 Å². The average Bonchev–Trinajstić information content (AvgIpc) is 1.87. The summed E-state index contributed by atoms with van der Waals surface area (Å²) in [7, 11) is 0. The predicted octanol–water partition coefficient (Wildman–Crippen LogP) is 2.08. The number of allylic oxidation sites excluding steroid dienone is 1. The van der Waals surface area contributed by atoms with E-state index in [4.69, 9.17) is 11.6 Å². The van der Waals surface area contributed by atoms with Gasteiger partial charge in [-0.2, -0.15) is 0 Å². The molecule has 0 amide bonds. The van der Waals surface area contributed by atoms with Gasteiger partial charge in [0.05, 0.1) is 6.61 Å². The lowest BCUT2D eigenvalue weighted by atomic mass is 10.3. The molecule has 0 N–H and O–H groups in total. The molecule has 0 heterocycles. The zero-order valence-corrected chi connectivity index (χ0v) is 6.73. The maximum absolute atomic E-state index is 10.2. The van der Waals surface area contributed by atoms with Crippen molar-refractivity contribution < 1.29 is 9.53 Å². The summed E-state index contributed by atoms with van der Waals surface area (Å²) in [4.78, 5) is 10.2. The Balaban J connectivity index is 2.98. The molecule has 0 saturated carbocycles. The molecule has 0 aromatic rings. The van der Waals surface area contributed by atoms with Gasteiger partial charge in [-0.15, -0.1) is 0 Å². The summed E-state index contributed by atoms with van der Waals surface area (Å²) in [5, 5.41) is 0. The molecule has 0 aromatic carbocycles. The van der Waals surface area contributed by atoms with Gasteiger partial charge in [0.1, 0.15) is 0 Å². The Labute approximate surface area is 65.8 Å². The van der Waals surface area contributed by atoms with Crippen molar-refractivity contribution in [3.63, 3.8) is 0 Å². The highest BCUT2D eigenvalue weighted by Gasteiger charge is 1.89. The summed E-state index contributed by atoms with van der Waals surface area (Å²) >= 11 is 5.25. The fraction of sp³-hybridized carbons (Fsp3) is 0.571. The number of unbranched alkanes of at least 4 members (excludes halogenated alkanes) is 1. The van der Waals surface area contributed by atoms with Gasteiger partial charge in [-0.1, -0.05) is 17.7 Å². The van der Waals surface area contributed by atoms with Crippen LogP contribution in [-0.4, -0.2) is 12.6 Å². The van der Waals surface area contributed by atoms with Crippen molar-refractivity contribution in [2.45, 2.75) is 19.8 Å². The fourth-order valence-electron chi connectivity index (χ4n) is 0.480. The first-order valence-corrected chi connectivity index (χ1v) is 3.59. The van der Waals surface area contributed by atoms with Gasteiger partial charge in [0.25, 0.3) is 0 Å². The highest BCUT2D eigenvalue weighted by Crippen LogP contribution is 1.93. The second kappa shape index (κ2) is 6.62. The molecule has 0 aliphatic rings. The molecule has 0 spiro atoms. The van der Waals surface area contributed by atoms with E-state index in [1.807, 2.05) is 6.08 Å². The van der Waals surface area contributed by atoms with Gasteiger partial charge in [0, 0.05) is 12.5 Å². The summed E-state index contributed by atoms with van der Waals surface area (Å²) in [6.07, 6.45) is 3.52. The number of carbonyl (C=O) groups excluding carboxylic acids is 1. The Bertz CT molecular complexity index is 121. The third kappa shape index (κ3) is 7.50. The largest absolute Gasteiger partial charge is 0.466 e. The van der Waals surface area contributed by atoms with E-state index in [-0.39, 0.29) is 5.97 Å². The number of ether oxygens (including phenoxy) is 1. The van der Waals surface area contributed by atoms with Crippen molar-refractivity contribution in [2.24, 2.45) is 0 Å². The van der Waals surface area contributed by atoms with Gasteiger partial charge >= 0.3 is 5.97 Å². The van der Waals surface area contributed by atoms with E-state index in [2.05, 4.69) is 4.74 Å². The Morgan fingerprint density at radius 2 is 2.40 bits per heavy atom. The highest BCUT2D eigenvalue weighted by atomic mass is 35.5. The van der Waals surface area contributed by atoms with Crippen LogP contribution in [0.1, 0.15) is 19.8 Å². The summed E-state index contributed by atoms with van der Waals surface area (Å²) < 4.78 is 4.67. The summed E-state index contributed by atoms with van der Waals surface area (Å²) in [5.74, 6) is -0.227. The average molecular weight is 163 g/mol. The first kappa shape index (κ1) is 9.50. The number of hydrogen-bond acceptors (Lipinski definition) is 2. The van der Waals surface area contributed by atoms with Crippen molar-refractivity contribution in [3.8, 4) is 0 Å². The number of esters is 1. The second-order valence-electron chi connectivity index (χ2n) is 1.84. The quantitative estimate of drug-likeness (QED) is 0.468. The van der Waals surface area contributed by atoms with Gasteiger partial charge in [0.15, 0.2) is 0 Å². The second-order valence-corrected chi connectivity index (χ2v) is 2.10. The van der Waals surface area contributed by atoms with Gasteiger partial charge in [-0.05, 0) is 12.8 Å². The molecule has 58 valence electrons. The number of hydrogen-bond donors (Lipinski definition) is 0. The van der Waals surface area contributed by atoms with Crippen LogP contribution in [0.2, 0.25) is 0 Å². The SMILES string of the molecule is CC(=O)OCCC/C=C/Cl. The van der Waals surface area contributed by atoms with E-state index in [0.717, 1.165) is 12.8 Å². The van der Waals surface area contributed by atoms with Gasteiger partial charge in [-0.3, -0.25) is 4.79 Å². The van der Waals surface area contributed by atoms with E-state index in [1.54, 1.807) is 0 Å². The normalized spacial score (nSPS) is 10.2. The van der Waals surface area contributed by atoms with E-state index >= 15 is 0 Å². The van der Waals surface area contributed by atoms with Crippen LogP contribution in [0.25, 0.3) is 0 Å². The lowest BCUT2D eigenvalue weighted by Gasteiger charge is -1.97. The lowest BCUT2D eigenvalue weighted by molar-refractivity contribution is -0.141. The van der Waals surface area contributed by atoms with Crippen LogP contribution < -0.4 is 0 Å². The van der Waals surface area contributed by atoms with Crippen molar-refractivity contribution in [3.05, 3.63) is 11.6 Å². The van der Waals surface area contributed by atoms with Crippen molar-refractivity contribution in [1.29, 1.82) is 0 Å². The van der Waals surface area contributed by atoms with E-state index in [0.29, 0.717) is 6.61 Å². The molecular weight excluding hydrogens is 152 g/mol. The highest BCUT2D eigenvalue weighted by molar-refractivity contribution is 6.25. The van der Waals surface area contributed by atoms with Crippen LogP contribution in [0, 0.1) is 0 Å². The van der Waals surface area contributed by atoms with Crippen LogP contribution in [-0.2, 0) is 9.53 Å². The van der Waals surface area contributed by atoms with Crippen LogP contribution in [0.3, 0.4) is 0 Å². The van der Waals surface area contributed by atoms with Gasteiger partial charge in [-0.25, -0.2) is 0 Å². The molecule has 0 fully saturated rings. The molecule has 0 aromatic heterocycles. The predicted molar refractivity (Wildman–Crippen MR) is 40.9 cm³/mol. The third-order valence-corrected chi connectivity index (χ3v) is 1.09. The standard InChI is InChI=1S/C7H11ClO2/c1-7(9)10-6-4-2-3-5-8/h3,5H,2,4,6H2,1H3/b5-3+. The van der Waals surface area contributed by atoms with E-state index in [9.17, 15) is 4.79 Å². The molecule has 0 rings (SSSR count). The van der Waals surface area contributed by atoms with Crippen molar-refractivity contribution in [1.82, 2.24) is 0 Å². The topological polar surface area (TPSA) is 26.3 Å². The zero-order chi connectivity index (χ0) is 7.82. The van der Waals surface area contributed by atoms with Gasteiger partial charge < -0.3 is 4.74 Å². The first-order valence-electron chi connectivity index (χ1n) is 3.16. The molecule has 0 unspecified atom stereocenters. The molecule has 0 bridgehead atoms. The Hall–Kier alpha value is -0.500. The summed E-state index contributed by atoms with van der Waals surface area (Å²) in [5.41, 5.74) is 1.47. The zero-order valence-electron chi connectivity index (χ0n) is 5.97. The molecule has 0 saturated heterocycles. The van der Waals surface area contributed by atoms with E-state index < -0.39 is 0 Å². The van der Waals surface area contributed by atoms with Gasteiger partial charge in [0.2, 0.25) is 0 Å². The molecule has 10 heavy (non-hydrogen) atoms. The molecule has 2 nitrogen and oxygen atoms in total. The fourth-order valence-corrected chi connectivity index (χ4v) is 0.606. The van der Waals surface area contributed by atoms with Crippen LogP contribution >= 0.6 is 11.6 Å². The Morgan fingerprint density at radius 1 is 1.70 bits per heavy atom.